The number of H-pyrrole nitrogens is 2. The first-order valence-corrected chi connectivity index (χ1v) is 9.40. The third kappa shape index (κ3) is 2.85. The van der Waals surface area contributed by atoms with Crippen LogP contribution in [0.25, 0.3) is 33.5 Å². The second kappa shape index (κ2) is 6.90. The second-order valence-electron chi connectivity index (χ2n) is 6.89. The van der Waals surface area contributed by atoms with Crippen LogP contribution in [-0.4, -0.2) is 39.3 Å². The van der Waals surface area contributed by atoms with Gasteiger partial charge in [-0.2, -0.15) is 0 Å². The lowest BCUT2D eigenvalue weighted by molar-refractivity contribution is 0.368. The summed E-state index contributed by atoms with van der Waals surface area (Å²) in [5.74, 6) is 0.273. The summed E-state index contributed by atoms with van der Waals surface area (Å²) >= 11 is 0. The number of nitrogens with one attached hydrogen (secondary N) is 2. The molecular weight excluding hydrogens is 368 g/mol. The van der Waals surface area contributed by atoms with Gasteiger partial charge < -0.3 is 29.3 Å². The molecule has 0 radical (unpaired) electrons. The van der Waals surface area contributed by atoms with Crippen molar-refractivity contribution in [3.8, 4) is 34.3 Å². The molecule has 0 amide bonds. The number of hydrogen-bond donors (Lipinski definition) is 4. The molecule has 5 rings (SSSR count). The molecule has 4 N–H and O–H groups in total. The van der Waals surface area contributed by atoms with Crippen molar-refractivity contribution in [3.05, 3.63) is 61.6 Å². The van der Waals surface area contributed by atoms with Crippen LogP contribution in [-0.2, 0) is 13.1 Å². The van der Waals surface area contributed by atoms with Crippen LogP contribution in [0.5, 0.6) is 11.6 Å². The monoisotopic (exact) mass is 388 g/mol. The smallest absolute Gasteiger partial charge is 0.235 e. The van der Waals surface area contributed by atoms with E-state index in [4.69, 9.17) is 0 Å². The van der Waals surface area contributed by atoms with Crippen molar-refractivity contribution in [2.45, 2.75) is 19.5 Å². The first kappa shape index (κ1) is 17.2. The molecule has 8 nitrogen and oxygen atoms in total. The number of benzene rings is 1. The second-order valence-corrected chi connectivity index (χ2v) is 6.89. The Balaban J connectivity index is 1.63. The Kier molecular flexibility index (Phi) is 4.09. The van der Waals surface area contributed by atoms with Gasteiger partial charge in [-0.05, 0) is 12.5 Å². The molecule has 0 fully saturated rings. The fourth-order valence-corrected chi connectivity index (χ4v) is 3.82. The fourth-order valence-electron chi connectivity index (χ4n) is 3.82. The number of hydrogen-bond acceptors (Lipinski definition) is 4. The molecular formula is C21H20N6O2. The van der Waals surface area contributed by atoms with E-state index >= 15 is 0 Å². The number of nitrogens with zero attached hydrogens (tertiary/aromatic N) is 4. The highest BCUT2D eigenvalue weighted by Gasteiger charge is 2.27. The van der Waals surface area contributed by atoms with E-state index in [0.29, 0.717) is 23.6 Å². The van der Waals surface area contributed by atoms with Gasteiger partial charge in [-0.15, -0.1) is 0 Å². The quantitative estimate of drug-likeness (QED) is 0.355. The molecule has 4 aromatic heterocycles. The first-order chi connectivity index (χ1) is 14.2. The average Bonchev–Trinajstić information content (AvgIpc) is 3.52. The number of aromatic amines is 2. The molecule has 5 aromatic rings. The number of aromatic nitrogens is 6. The van der Waals surface area contributed by atoms with Crippen molar-refractivity contribution in [1.82, 2.24) is 29.1 Å². The van der Waals surface area contributed by atoms with Gasteiger partial charge in [0.2, 0.25) is 5.88 Å². The molecule has 0 bridgehead atoms. The van der Waals surface area contributed by atoms with Crippen molar-refractivity contribution < 1.29 is 10.2 Å². The standard InChI is InChI=1S/C21H20N6O2/c28-19-17(15-12-25-16-5-2-1-4-14(15)16)18(20-23-6-7-24-20)27(21(19)29)10-3-9-26-11-8-22-13-26/h1-2,4-8,11-13,25,28-29H,3,9-10H2,(H,23,24). The van der Waals surface area contributed by atoms with Gasteiger partial charge in [-0.1, -0.05) is 18.2 Å². The zero-order chi connectivity index (χ0) is 19.8. The molecule has 0 saturated carbocycles. The summed E-state index contributed by atoms with van der Waals surface area (Å²) in [6.07, 6.45) is 11.4. The van der Waals surface area contributed by atoms with Crippen molar-refractivity contribution in [2.75, 3.05) is 0 Å². The van der Waals surface area contributed by atoms with Crippen LogP contribution in [0.2, 0.25) is 0 Å². The number of para-hydroxylation sites is 1. The lowest BCUT2D eigenvalue weighted by Gasteiger charge is -2.10. The molecule has 4 heterocycles. The van der Waals surface area contributed by atoms with E-state index in [1.807, 2.05) is 41.2 Å². The van der Waals surface area contributed by atoms with Gasteiger partial charge in [0.05, 0.1) is 17.6 Å². The number of aryl methyl sites for hydroxylation is 1. The Morgan fingerprint density at radius 1 is 1.03 bits per heavy atom. The summed E-state index contributed by atoms with van der Waals surface area (Å²) < 4.78 is 3.69. The topological polar surface area (TPSA) is 108 Å². The maximum Gasteiger partial charge on any atom is 0.235 e. The maximum absolute atomic E-state index is 10.9. The minimum atomic E-state index is -0.165. The van der Waals surface area contributed by atoms with E-state index in [0.717, 1.165) is 29.4 Å². The van der Waals surface area contributed by atoms with Gasteiger partial charge in [0, 0.05) is 60.5 Å². The molecule has 8 heteroatoms. The highest BCUT2D eigenvalue weighted by molar-refractivity contribution is 6.01. The van der Waals surface area contributed by atoms with Crippen LogP contribution in [0.3, 0.4) is 0 Å². The lowest BCUT2D eigenvalue weighted by Crippen LogP contribution is -2.05. The lowest BCUT2D eigenvalue weighted by atomic mass is 10.0. The van der Waals surface area contributed by atoms with Crippen LogP contribution in [0.1, 0.15) is 6.42 Å². The third-order valence-electron chi connectivity index (χ3n) is 5.15. The molecule has 0 saturated heterocycles. The summed E-state index contributed by atoms with van der Waals surface area (Å²) in [6.45, 7) is 1.26. The van der Waals surface area contributed by atoms with E-state index in [1.54, 1.807) is 29.5 Å². The minimum Gasteiger partial charge on any atom is -0.503 e. The molecule has 0 atom stereocenters. The van der Waals surface area contributed by atoms with Gasteiger partial charge >= 0.3 is 0 Å². The van der Waals surface area contributed by atoms with Crippen LogP contribution in [0, 0.1) is 0 Å². The van der Waals surface area contributed by atoms with Crippen LogP contribution in [0.4, 0.5) is 0 Å². The normalized spacial score (nSPS) is 11.4. The van der Waals surface area contributed by atoms with Crippen LogP contribution in [0.15, 0.2) is 61.6 Å². The Bertz CT molecular complexity index is 1250. The van der Waals surface area contributed by atoms with Gasteiger partial charge in [0.25, 0.3) is 0 Å². The summed E-state index contributed by atoms with van der Waals surface area (Å²) in [7, 11) is 0. The average molecular weight is 388 g/mol. The van der Waals surface area contributed by atoms with Crippen LogP contribution < -0.4 is 0 Å². The van der Waals surface area contributed by atoms with Gasteiger partial charge in [0.15, 0.2) is 11.6 Å². The van der Waals surface area contributed by atoms with Crippen molar-refractivity contribution in [1.29, 1.82) is 0 Å². The Morgan fingerprint density at radius 2 is 1.93 bits per heavy atom. The summed E-state index contributed by atoms with van der Waals surface area (Å²) in [4.78, 5) is 14.8. The Morgan fingerprint density at radius 3 is 2.72 bits per heavy atom. The molecule has 146 valence electrons. The number of imidazole rings is 2. The number of fused-ring (bicyclic) bond motifs is 1. The molecule has 29 heavy (non-hydrogen) atoms. The largest absolute Gasteiger partial charge is 0.503 e. The molecule has 0 aliphatic rings. The number of aromatic hydroxyl groups is 2. The summed E-state index contributed by atoms with van der Waals surface area (Å²) in [5.41, 5.74) is 2.98. The zero-order valence-corrected chi connectivity index (χ0v) is 15.6. The number of rotatable bonds is 6. The Hall–Kier alpha value is -3.94. The SMILES string of the molecule is Oc1c(-c2c[nH]c3ccccc23)c(-c2ncc[nH]2)n(CCCn2ccnc2)c1O. The summed E-state index contributed by atoms with van der Waals surface area (Å²) in [5, 5.41) is 22.6. The molecule has 1 aromatic carbocycles. The van der Waals surface area contributed by atoms with Crippen molar-refractivity contribution >= 4 is 10.9 Å². The maximum atomic E-state index is 10.9. The van der Waals surface area contributed by atoms with E-state index in [-0.39, 0.29) is 11.6 Å². The van der Waals surface area contributed by atoms with Gasteiger partial charge in [-0.25, -0.2) is 9.97 Å². The minimum absolute atomic E-state index is 0.149. The third-order valence-corrected chi connectivity index (χ3v) is 5.15. The van der Waals surface area contributed by atoms with E-state index < -0.39 is 0 Å². The highest BCUT2D eigenvalue weighted by atomic mass is 16.3. The fraction of sp³-hybridized carbons (Fsp3) is 0.143. The molecule has 0 unspecified atom stereocenters. The zero-order valence-electron chi connectivity index (χ0n) is 15.6. The van der Waals surface area contributed by atoms with E-state index in [1.165, 1.54) is 0 Å². The van der Waals surface area contributed by atoms with Gasteiger partial charge in [0.1, 0.15) is 0 Å². The van der Waals surface area contributed by atoms with E-state index in [9.17, 15) is 10.2 Å². The van der Waals surface area contributed by atoms with Crippen LogP contribution >= 0.6 is 0 Å². The molecule has 0 aliphatic heterocycles. The molecule has 0 aliphatic carbocycles. The molecule has 0 spiro atoms. The first-order valence-electron chi connectivity index (χ1n) is 9.40. The van der Waals surface area contributed by atoms with Gasteiger partial charge in [-0.3, -0.25) is 0 Å². The van der Waals surface area contributed by atoms with Crippen molar-refractivity contribution in [3.63, 3.8) is 0 Å². The van der Waals surface area contributed by atoms with Crippen molar-refractivity contribution in [2.24, 2.45) is 0 Å². The van der Waals surface area contributed by atoms with E-state index in [2.05, 4.69) is 19.9 Å². The highest BCUT2D eigenvalue weighted by Crippen LogP contribution is 2.48. The Labute approximate surface area is 166 Å². The predicted octanol–water partition coefficient (Wildman–Crippen LogP) is 3.72. The summed E-state index contributed by atoms with van der Waals surface area (Å²) in [6, 6.07) is 7.87. The predicted molar refractivity (Wildman–Crippen MR) is 109 cm³/mol.